The van der Waals surface area contributed by atoms with Gasteiger partial charge in [0.1, 0.15) is 11.2 Å². The zero-order valence-electron chi connectivity index (χ0n) is 10.2. The number of benzene rings is 1. The van der Waals surface area contributed by atoms with Gasteiger partial charge in [-0.2, -0.15) is 0 Å². The minimum absolute atomic E-state index is 0.0851. The van der Waals surface area contributed by atoms with Gasteiger partial charge in [-0.15, -0.1) is 0 Å². The Kier molecular flexibility index (Phi) is 2.37. The SMILES string of the molecule is CC1=CCC2(CC1)C(=O)Oc1ccccc1C2=O. The van der Waals surface area contributed by atoms with Crippen LogP contribution in [0.4, 0.5) is 0 Å². The van der Waals surface area contributed by atoms with Crippen molar-refractivity contribution in [2.75, 3.05) is 0 Å². The number of Topliss-reactive ketones (excluding diaryl/α,β-unsaturated/α-hetero) is 1. The van der Waals surface area contributed by atoms with E-state index in [2.05, 4.69) is 0 Å². The molecule has 0 bridgehead atoms. The van der Waals surface area contributed by atoms with E-state index in [0.717, 1.165) is 6.42 Å². The highest BCUT2D eigenvalue weighted by Gasteiger charge is 2.51. The van der Waals surface area contributed by atoms with Gasteiger partial charge in [-0.1, -0.05) is 23.8 Å². The number of ether oxygens (including phenoxy) is 1. The Balaban J connectivity index is 2.09. The number of fused-ring (bicyclic) bond motifs is 1. The average Bonchev–Trinajstić information content (AvgIpc) is 2.39. The molecule has 1 aliphatic carbocycles. The van der Waals surface area contributed by atoms with Crippen molar-refractivity contribution in [1.29, 1.82) is 0 Å². The molecule has 0 fully saturated rings. The molecule has 1 aromatic carbocycles. The van der Waals surface area contributed by atoms with E-state index in [1.807, 2.05) is 13.0 Å². The molecule has 3 rings (SSSR count). The van der Waals surface area contributed by atoms with Crippen LogP contribution in [0.1, 0.15) is 36.5 Å². The van der Waals surface area contributed by atoms with E-state index in [1.165, 1.54) is 5.57 Å². The van der Waals surface area contributed by atoms with Crippen LogP contribution < -0.4 is 4.74 Å². The first-order chi connectivity index (χ1) is 8.63. The molecule has 3 nitrogen and oxygen atoms in total. The number of hydrogen-bond donors (Lipinski definition) is 0. The Morgan fingerprint density at radius 1 is 1.22 bits per heavy atom. The van der Waals surface area contributed by atoms with Crippen LogP contribution in [-0.4, -0.2) is 11.8 Å². The van der Waals surface area contributed by atoms with Gasteiger partial charge in [-0.05, 0) is 38.3 Å². The van der Waals surface area contributed by atoms with Crippen molar-refractivity contribution in [1.82, 2.24) is 0 Å². The van der Waals surface area contributed by atoms with E-state index in [4.69, 9.17) is 4.74 Å². The van der Waals surface area contributed by atoms with E-state index in [9.17, 15) is 9.59 Å². The van der Waals surface area contributed by atoms with Crippen molar-refractivity contribution in [3.63, 3.8) is 0 Å². The second-order valence-electron chi connectivity index (χ2n) is 5.05. The summed E-state index contributed by atoms with van der Waals surface area (Å²) in [5, 5.41) is 0. The first kappa shape index (κ1) is 11.2. The van der Waals surface area contributed by atoms with Crippen molar-refractivity contribution in [2.24, 2.45) is 5.41 Å². The van der Waals surface area contributed by atoms with Crippen molar-refractivity contribution in [2.45, 2.75) is 26.2 Å². The minimum Gasteiger partial charge on any atom is -0.425 e. The van der Waals surface area contributed by atoms with Crippen LogP contribution >= 0.6 is 0 Å². The molecule has 0 saturated heterocycles. The van der Waals surface area contributed by atoms with Crippen LogP contribution in [0.15, 0.2) is 35.9 Å². The van der Waals surface area contributed by atoms with E-state index >= 15 is 0 Å². The smallest absolute Gasteiger partial charge is 0.325 e. The van der Waals surface area contributed by atoms with Gasteiger partial charge < -0.3 is 4.74 Å². The number of esters is 1. The second-order valence-corrected chi connectivity index (χ2v) is 5.05. The number of allylic oxidation sites excluding steroid dienone is 2. The molecular formula is C15H14O3. The molecule has 1 aromatic rings. The largest absolute Gasteiger partial charge is 0.425 e. The number of rotatable bonds is 0. The van der Waals surface area contributed by atoms with Crippen LogP contribution in [0.5, 0.6) is 5.75 Å². The maximum Gasteiger partial charge on any atom is 0.325 e. The van der Waals surface area contributed by atoms with Gasteiger partial charge in [0.2, 0.25) is 0 Å². The third-order valence-electron chi connectivity index (χ3n) is 3.90. The van der Waals surface area contributed by atoms with E-state index in [1.54, 1.807) is 24.3 Å². The summed E-state index contributed by atoms with van der Waals surface area (Å²) >= 11 is 0. The third kappa shape index (κ3) is 1.43. The van der Waals surface area contributed by atoms with Crippen molar-refractivity contribution in [3.05, 3.63) is 41.5 Å². The molecule has 1 spiro atoms. The summed E-state index contributed by atoms with van der Waals surface area (Å²) in [6.07, 6.45) is 3.78. The van der Waals surface area contributed by atoms with Crippen LogP contribution in [-0.2, 0) is 4.79 Å². The van der Waals surface area contributed by atoms with Gasteiger partial charge in [0.15, 0.2) is 5.78 Å². The molecular weight excluding hydrogens is 228 g/mol. The van der Waals surface area contributed by atoms with Crippen LogP contribution in [0.25, 0.3) is 0 Å². The lowest BCUT2D eigenvalue weighted by atomic mass is 9.69. The molecule has 1 atom stereocenters. The fourth-order valence-corrected chi connectivity index (χ4v) is 2.65. The summed E-state index contributed by atoms with van der Waals surface area (Å²) in [4.78, 5) is 24.8. The Hall–Kier alpha value is -1.90. The number of para-hydroxylation sites is 1. The summed E-state index contributed by atoms with van der Waals surface area (Å²) in [5.74, 6) is -0.0857. The fourth-order valence-electron chi connectivity index (χ4n) is 2.65. The maximum atomic E-state index is 12.6. The summed E-state index contributed by atoms with van der Waals surface area (Å²) in [6.45, 7) is 2.03. The van der Waals surface area contributed by atoms with Crippen molar-refractivity contribution >= 4 is 11.8 Å². The second kappa shape index (κ2) is 3.80. The van der Waals surface area contributed by atoms with Gasteiger partial charge in [0, 0.05) is 0 Å². The first-order valence-electron chi connectivity index (χ1n) is 6.15. The number of hydrogen-bond acceptors (Lipinski definition) is 3. The van der Waals surface area contributed by atoms with Gasteiger partial charge in [0.05, 0.1) is 5.56 Å². The first-order valence-corrected chi connectivity index (χ1v) is 6.15. The molecule has 1 aliphatic heterocycles. The summed E-state index contributed by atoms with van der Waals surface area (Å²) in [6, 6.07) is 6.97. The number of carbonyl (C=O) groups is 2. The molecule has 1 heterocycles. The van der Waals surface area contributed by atoms with Gasteiger partial charge in [-0.3, -0.25) is 9.59 Å². The predicted molar refractivity (Wildman–Crippen MR) is 66.4 cm³/mol. The highest BCUT2D eigenvalue weighted by molar-refractivity contribution is 6.17. The van der Waals surface area contributed by atoms with E-state index in [0.29, 0.717) is 24.2 Å². The highest BCUT2D eigenvalue weighted by atomic mass is 16.5. The maximum absolute atomic E-state index is 12.6. The quantitative estimate of drug-likeness (QED) is 0.304. The third-order valence-corrected chi connectivity index (χ3v) is 3.90. The van der Waals surface area contributed by atoms with E-state index < -0.39 is 11.4 Å². The zero-order valence-corrected chi connectivity index (χ0v) is 10.2. The molecule has 1 unspecified atom stereocenters. The van der Waals surface area contributed by atoms with Gasteiger partial charge in [0.25, 0.3) is 0 Å². The Morgan fingerprint density at radius 2 is 2.00 bits per heavy atom. The molecule has 92 valence electrons. The number of carbonyl (C=O) groups excluding carboxylic acids is 2. The number of ketones is 1. The Morgan fingerprint density at radius 3 is 2.72 bits per heavy atom. The molecule has 0 radical (unpaired) electrons. The molecule has 0 N–H and O–H groups in total. The average molecular weight is 242 g/mol. The molecule has 18 heavy (non-hydrogen) atoms. The monoisotopic (exact) mass is 242 g/mol. The summed E-state index contributed by atoms with van der Waals surface area (Å²) in [7, 11) is 0. The highest BCUT2D eigenvalue weighted by Crippen LogP contribution is 2.44. The van der Waals surface area contributed by atoms with Gasteiger partial charge >= 0.3 is 5.97 Å². The summed E-state index contributed by atoms with van der Waals surface area (Å²) < 4.78 is 5.34. The summed E-state index contributed by atoms with van der Waals surface area (Å²) in [5.41, 5.74) is 0.790. The van der Waals surface area contributed by atoms with Crippen molar-refractivity contribution < 1.29 is 14.3 Å². The van der Waals surface area contributed by atoms with E-state index in [-0.39, 0.29) is 5.78 Å². The topological polar surface area (TPSA) is 43.4 Å². The normalized spacial score (nSPS) is 26.6. The van der Waals surface area contributed by atoms with Crippen LogP contribution in [0.2, 0.25) is 0 Å². The molecule has 3 heteroatoms. The fraction of sp³-hybridized carbons (Fsp3) is 0.333. The molecule has 0 aromatic heterocycles. The van der Waals surface area contributed by atoms with Crippen LogP contribution in [0.3, 0.4) is 0 Å². The Bertz CT molecular complexity index is 571. The lowest BCUT2D eigenvalue weighted by Gasteiger charge is -2.35. The molecule has 2 aliphatic rings. The van der Waals surface area contributed by atoms with Crippen molar-refractivity contribution in [3.8, 4) is 5.75 Å². The standard InChI is InChI=1S/C15H14O3/c1-10-6-8-15(9-7-10)13(16)11-4-2-3-5-12(11)18-14(15)17/h2-6H,7-9H2,1H3. The lowest BCUT2D eigenvalue weighted by Crippen LogP contribution is -2.46. The molecule has 0 saturated carbocycles. The lowest BCUT2D eigenvalue weighted by molar-refractivity contribution is -0.144. The predicted octanol–water partition coefficient (Wildman–Crippen LogP) is 2.90. The minimum atomic E-state index is -0.978. The zero-order chi connectivity index (χ0) is 12.8. The molecule has 0 amide bonds. The van der Waals surface area contributed by atoms with Gasteiger partial charge in [-0.25, -0.2) is 0 Å². The Labute approximate surface area is 105 Å². The van der Waals surface area contributed by atoms with Crippen LogP contribution in [0, 0.1) is 5.41 Å².